The molecule has 1 aromatic heterocycles. The Morgan fingerprint density at radius 2 is 1.86 bits per heavy atom. The molecule has 0 amide bonds. The fourth-order valence-corrected chi connectivity index (χ4v) is 4.01. The van der Waals surface area contributed by atoms with E-state index in [4.69, 9.17) is 5.14 Å². The highest BCUT2D eigenvalue weighted by molar-refractivity contribution is 7.89. The van der Waals surface area contributed by atoms with Crippen LogP contribution in [0.3, 0.4) is 0 Å². The van der Waals surface area contributed by atoms with Gasteiger partial charge in [-0.1, -0.05) is 12.1 Å². The van der Waals surface area contributed by atoms with Crippen LogP contribution in [0.2, 0.25) is 0 Å². The van der Waals surface area contributed by atoms with E-state index in [1.54, 1.807) is 12.1 Å². The topological polar surface area (TPSA) is 72.2 Å². The molecule has 1 aromatic carbocycles. The summed E-state index contributed by atoms with van der Waals surface area (Å²) in [7, 11) is -3.61. The lowest BCUT2D eigenvalue weighted by Crippen LogP contribution is -2.21. The van der Waals surface area contributed by atoms with Crippen LogP contribution in [0.15, 0.2) is 35.2 Å². The Morgan fingerprint density at radius 1 is 1.23 bits per heavy atom. The van der Waals surface area contributed by atoms with E-state index < -0.39 is 10.0 Å². The average molecular weight is 338 g/mol. The molecule has 22 heavy (non-hydrogen) atoms. The number of rotatable bonds is 6. The molecule has 1 heterocycles. The number of hydrogen-bond donors (Lipinski definition) is 2. The van der Waals surface area contributed by atoms with Crippen molar-refractivity contribution in [3.05, 3.63) is 51.2 Å². The summed E-state index contributed by atoms with van der Waals surface area (Å²) in [6.45, 7) is 7.28. The second kappa shape index (κ2) is 6.91. The highest BCUT2D eigenvalue weighted by atomic mass is 32.2. The Hall–Kier alpha value is -1.21. The first kappa shape index (κ1) is 17.1. The van der Waals surface area contributed by atoms with Crippen molar-refractivity contribution in [2.24, 2.45) is 5.14 Å². The molecule has 3 N–H and O–H groups in total. The van der Waals surface area contributed by atoms with Crippen molar-refractivity contribution in [2.75, 3.05) is 6.54 Å². The lowest BCUT2D eigenvalue weighted by molar-refractivity contribution is 0.576. The minimum absolute atomic E-state index is 0.155. The first-order valence-corrected chi connectivity index (χ1v) is 9.55. The highest BCUT2D eigenvalue weighted by Crippen LogP contribution is 2.26. The van der Waals surface area contributed by atoms with Gasteiger partial charge in [0.15, 0.2) is 0 Å². The van der Waals surface area contributed by atoms with Crippen molar-refractivity contribution in [3.63, 3.8) is 0 Å². The molecule has 120 valence electrons. The van der Waals surface area contributed by atoms with E-state index in [1.165, 1.54) is 15.3 Å². The summed E-state index contributed by atoms with van der Waals surface area (Å²) < 4.78 is 22.4. The number of nitrogens with two attached hydrogens (primary N) is 1. The molecule has 4 nitrogen and oxygen atoms in total. The van der Waals surface area contributed by atoms with Crippen LogP contribution in [0.1, 0.15) is 33.8 Å². The van der Waals surface area contributed by atoms with E-state index in [0.29, 0.717) is 6.04 Å². The van der Waals surface area contributed by atoms with Gasteiger partial charge in [0.05, 0.1) is 4.90 Å². The Balaban J connectivity index is 1.90. The fraction of sp³-hybridized carbons (Fsp3) is 0.375. The summed E-state index contributed by atoms with van der Waals surface area (Å²) in [6.07, 6.45) is 0.845. The van der Waals surface area contributed by atoms with E-state index in [1.807, 2.05) is 23.5 Å². The molecule has 0 saturated carbocycles. The molecule has 2 rings (SSSR count). The van der Waals surface area contributed by atoms with Gasteiger partial charge in [-0.3, -0.25) is 0 Å². The number of hydrogen-bond acceptors (Lipinski definition) is 4. The van der Waals surface area contributed by atoms with Gasteiger partial charge in [-0.15, -0.1) is 11.3 Å². The number of nitrogens with one attached hydrogen (secondary N) is 1. The molecule has 0 bridgehead atoms. The summed E-state index contributed by atoms with van der Waals surface area (Å²) >= 11 is 1.82. The molecular formula is C16H22N2O2S2. The number of aryl methyl sites for hydroxylation is 2. The van der Waals surface area contributed by atoms with Crippen LogP contribution in [-0.4, -0.2) is 15.0 Å². The summed E-state index contributed by atoms with van der Waals surface area (Å²) in [6, 6.07) is 9.28. The third-order valence-electron chi connectivity index (χ3n) is 3.66. The summed E-state index contributed by atoms with van der Waals surface area (Å²) in [5.74, 6) is 0. The third kappa shape index (κ3) is 4.39. The van der Waals surface area contributed by atoms with Gasteiger partial charge in [-0.2, -0.15) is 0 Å². The lowest BCUT2D eigenvalue weighted by Gasteiger charge is -2.14. The number of benzene rings is 1. The molecule has 0 fully saturated rings. The molecule has 0 saturated heterocycles. The normalized spacial score (nSPS) is 13.3. The number of sulfonamides is 1. The third-order valence-corrected chi connectivity index (χ3v) is 5.57. The quantitative estimate of drug-likeness (QED) is 0.850. The second-order valence-electron chi connectivity index (χ2n) is 5.48. The zero-order valence-corrected chi connectivity index (χ0v) is 14.7. The molecule has 2 aromatic rings. The standard InChI is InChI=1S/C16H22N2O2S2/c1-11-10-16(13(3)21-11)12(2)18-9-8-14-4-6-15(7-5-14)22(17,19)20/h4-7,10,12,18H,8-9H2,1-3H3,(H2,17,19,20). The molecule has 0 radical (unpaired) electrons. The maximum Gasteiger partial charge on any atom is 0.238 e. The van der Waals surface area contributed by atoms with Crippen molar-refractivity contribution < 1.29 is 8.42 Å². The SMILES string of the molecule is Cc1cc(C(C)NCCc2ccc(S(N)(=O)=O)cc2)c(C)s1. The molecule has 1 atom stereocenters. The smallest absolute Gasteiger partial charge is 0.238 e. The van der Waals surface area contributed by atoms with E-state index in [2.05, 4.69) is 32.2 Å². The zero-order chi connectivity index (χ0) is 16.3. The molecule has 0 spiro atoms. The molecular weight excluding hydrogens is 316 g/mol. The van der Waals surface area contributed by atoms with Crippen molar-refractivity contribution >= 4 is 21.4 Å². The maximum atomic E-state index is 11.2. The van der Waals surface area contributed by atoms with Gasteiger partial charge >= 0.3 is 0 Å². The van der Waals surface area contributed by atoms with Gasteiger partial charge in [-0.05, 0) is 63.1 Å². The molecule has 0 aliphatic heterocycles. The van der Waals surface area contributed by atoms with E-state index in [0.717, 1.165) is 18.5 Å². The van der Waals surface area contributed by atoms with E-state index in [9.17, 15) is 8.42 Å². The van der Waals surface area contributed by atoms with Crippen LogP contribution in [0, 0.1) is 13.8 Å². The molecule has 1 unspecified atom stereocenters. The van der Waals surface area contributed by atoms with Gasteiger partial charge in [0.25, 0.3) is 0 Å². The van der Waals surface area contributed by atoms with Crippen molar-refractivity contribution in [1.82, 2.24) is 5.32 Å². The monoisotopic (exact) mass is 338 g/mol. The predicted molar refractivity (Wildman–Crippen MR) is 91.7 cm³/mol. The minimum atomic E-state index is -3.61. The fourth-order valence-electron chi connectivity index (χ4n) is 2.47. The van der Waals surface area contributed by atoms with Crippen molar-refractivity contribution in [3.8, 4) is 0 Å². The summed E-state index contributed by atoms with van der Waals surface area (Å²) in [5, 5.41) is 8.60. The van der Waals surface area contributed by atoms with Crippen LogP contribution in [-0.2, 0) is 16.4 Å². The van der Waals surface area contributed by atoms with Crippen LogP contribution in [0.25, 0.3) is 0 Å². The summed E-state index contributed by atoms with van der Waals surface area (Å²) in [5.41, 5.74) is 2.44. The van der Waals surface area contributed by atoms with Crippen LogP contribution in [0.5, 0.6) is 0 Å². The molecule has 6 heteroatoms. The van der Waals surface area contributed by atoms with Gasteiger partial charge in [-0.25, -0.2) is 13.6 Å². The van der Waals surface area contributed by atoms with Crippen LogP contribution in [0.4, 0.5) is 0 Å². The molecule has 0 aliphatic rings. The van der Waals surface area contributed by atoms with Crippen molar-refractivity contribution in [2.45, 2.75) is 38.1 Å². The minimum Gasteiger partial charge on any atom is -0.310 e. The molecule has 0 aliphatic carbocycles. The van der Waals surface area contributed by atoms with Gasteiger partial charge in [0.1, 0.15) is 0 Å². The lowest BCUT2D eigenvalue weighted by atomic mass is 10.1. The Labute approximate surface area is 136 Å². The van der Waals surface area contributed by atoms with Crippen molar-refractivity contribution in [1.29, 1.82) is 0 Å². The predicted octanol–water partition coefficient (Wildman–Crippen LogP) is 2.91. The first-order chi connectivity index (χ1) is 10.3. The van der Waals surface area contributed by atoms with Crippen LogP contribution < -0.4 is 10.5 Å². The first-order valence-electron chi connectivity index (χ1n) is 7.19. The zero-order valence-electron chi connectivity index (χ0n) is 13.1. The Kier molecular flexibility index (Phi) is 5.39. The number of thiophene rings is 1. The number of primary sulfonamides is 1. The van der Waals surface area contributed by atoms with Crippen LogP contribution >= 0.6 is 11.3 Å². The van der Waals surface area contributed by atoms with E-state index in [-0.39, 0.29) is 4.90 Å². The maximum absolute atomic E-state index is 11.2. The largest absolute Gasteiger partial charge is 0.310 e. The summed E-state index contributed by atoms with van der Waals surface area (Å²) in [4.78, 5) is 2.84. The van der Waals surface area contributed by atoms with Gasteiger partial charge in [0.2, 0.25) is 10.0 Å². The Bertz CT molecular complexity index is 734. The Morgan fingerprint density at radius 3 is 2.36 bits per heavy atom. The van der Waals surface area contributed by atoms with Gasteiger partial charge in [0, 0.05) is 15.8 Å². The second-order valence-corrected chi connectivity index (χ2v) is 8.51. The highest BCUT2D eigenvalue weighted by Gasteiger charge is 2.11. The average Bonchev–Trinajstić information content (AvgIpc) is 2.77. The van der Waals surface area contributed by atoms with Gasteiger partial charge < -0.3 is 5.32 Å². The van der Waals surface area contributed by atoms with E-state index >= 15 is 0 Å².